The number of benzene rings is 1. The number of nitrogens with one attached hydrogen (secondary N) is 1. The number of carbonyl (C=O) groups excluding carboxylic acids is 1. The lowest BCUT2D eigenvalue weighted by Crippen LogP contribution is -2.25. The van der Waals surface area contributed by atoms with Crippen molar-refractivity contribution in [3.05, 3.63) is 23.8 Å². The molecule has 1 aromatic rings. The number of rotatable bonds is 4. The van der Waals surface area contributed by atoms with Crippen LogP contribution in [0.15, 0.2) is 23.3 Å². The minimum atomic E-state index is -0.711. The molecule has 1 rings (SSSR count). The average molecular weight is 237 g/mol. The number of carbonyl (C=O) groups is 1. The highest BCUT2D eigenvalue weighted by Crippen LogP contribution is 2.24. The van der Waals surface area contributed by atoms with Crippen molar-refractivity contribution in [1.29, 1.82) is 0 Å². The molecule has 1 aromatic carbocycles. The summed E-state index contributed by atoms with van der Waals surface area (Å²) in [7, 11) is 3.12. The highest BCUT2D eigenvalue weighted by atomic mass is 16.5. The molecule has 6 nitrogen and oxygen atoms in total. The second kappa shape index (κ2) is 5.74. The van der Waals surface area contributed by atoms with Gasteiger partial charge >= 0.3 is 6.03 Å². The van der Waals surface area contributed by atoms with E-state index in [1.54, 1.807) is 39.3 Å². The van der Waals surface area contributed by atoms with Gasteiger partial charge in [0, 0.05) is 11.6 Å². The van der Waals surface area contributed by atoms with Gasteiger partial charge in [-0.15, -0.1) is 0 Å². The second-order valence-corrected chi connectivity index (χ2v) is 3.24. The molecule has 3 N–H and O–H groups in total. The van der Waals surface area contributed by atoms with Crippen LogP contribution in [0, 0.1) is 0 Å². The van der Waals surface area contributed by atoms with Gasteiger partial charge in [0.25, 0.3) is 0 Å². The lowest BCUT2D eigenvalue weighted by molar-refractivity contribution is 0.249. The fourth-order valence-corrected chi connectivity index (χ4v) is 1.30. The van der Waals surface area contributed by atoms with Crippen LogP contribution < -0.4 is 20.6 Å². The van der Waals surface area contributed by atoms with E-state index < -0.39 is 6.03 Å². The van der Waals surface area contributed by atoms with Crippen LogP contribution in [-0.4, -0.2) is 26.0 Å². The van der Waals surface area contributed by atoms with Crippen molar-refractivity contribution < 1.29 is 14.3 Å². The van der Waals surface area contributed by atoms with Crippen molar-refractivity contribution in [3.8, 4) is 11.5 Å². The van der Waals surface area contributed by atoms with Crippen molar-refractivity contribution in [2.24, 2.45) is 10.8 Å². The molecule has 0 aliphatic heterocycles. The van der Waals surface area contributed by atoms with Crippen LogP contribution >= 0.6 is 0 Å². The maximum Gasteiger partial charge on any atom is 0.332 e. The van der Waals surface area contributed by atoms with E-state index in [9.17, 15) is 4.79 Å². The summed E-state index contributed by atoms with van der Waals surface area (Å²) in [5.74, 6) is 1.29. The summed E-state index contributed by atoms with van der Waals surface area (Å²) >= 11 is 0. The van der Waals surface area contributed by atoms with Crippen LogP contribution in [0.1, 0.15) is 12.5 Å². The Balaban J connectivity index is 3.04. The third-order valence-corrected chi connectivity index (χ3v) is 2.13. The molecule has 0 spiro atoms. The minimum Gasteiger partial charge on any atom is -0.497 e. The molecule has 92 valence electrons. The molecule has 0 radical (unpaired) electrons. The zero-order chi connectivity index (χ0) is 12.8. The minimum absolute atomic E-state index is 0.586. The predicted molar refractivity (Wildman–Crippen MR) is 64.5 cm³/mol. The number of hydrazone groups is 1. The van der Waals surface area contributed by atoms with Gasteiger partial charge in [-0.2, -0.15) is 5.10 Å². The Kier molecular flexibility index (Phi) is 4.33. The highest BCUT2D eigenvalue weighted by Gasteiger charge is 2.08. The quantitative estimate of drug-likeness (QED) is 0.607. The standard InChI is InChI=1S/C11H15N3O3/c1-7(13-14-11(12)15)9-5-4-8(16-2)6-10(9)17-3/h4-6H,1-3H3,(H3,12,14,15). The summed E-state index contributed by atoms with van der Waals surface area (Å²) in [6.45, 7) is 1.74. The van der Waals surface area contributed by atoms with Crippen LogP contribution in [0.25, 0.3) is 0 Å². The maximum atomic E-state index is 10.5. The Labute approximate surface area is 99.4 Å². The van der Waals surface area contributed by atoms with Crippen LogP contribution in [0.2, 0.25) is 0 Å². The molecule has 0 aromatic heterocycles. The Morgan fingerprint density at radius 2 is 2.06 bits per heavy atom. The Morgan fingerprint density at radius 3 is 2.59 bits per heavy atom. The number of amides is 2. The molecule has 17 heavy (non-hydrogen) atoms. The van der Waals surface area contributed by atoms with E-state index in [0.29, 0.717) is 17.2 Å². The van der Waals surface area contributed by atoms with Crippen LogP contribution in [0.4, 0.5) is 4.79 Å². The number of methoxy groups -OCH3 is 2. The third kappa shape index (κ3) is 3.37. The second-order valence-electron chi connectivity index (χ2n) is 3.24. The number of nitrogens with zero attached hydrogens (tertiary/aromatic N) is 1. The molecular weight excluding hydrogens is 222 g/mol. The SMILES string of the molecule is COc1ccc(C(C)=NNC(N)=O)c(OC)c1. The Bertz CT molecular complexity index is 444. The van der Waals surface area contributed by atoms with Crippen molar-refractivity contribution in [2.45, 2.75) is 6.92 Å². The molecule has 0 fully saturated rings. The van der Waals surface area contributed by atoms with Gasteiger partial charge in [-0.3, -0.25) is 0 Å². The fraction of sp³-hybridized carbons (Fsp3) is 0.273. The smallest absolute Gasteiger partial charge is 0.332 e. The Hall–Kier alpha value is -2.24. The summed E-state index contributed by atoms with van der Waals surface area (Å²) in [6.07, 6.45) is 0. The summed E-state index contributed by atoms with van der Waals surface area (Å²) in [4.78, 5) is 10.5. The van der Waals surface area contributed by atoms with Gasteiger partial charge in [-0.05, 0) is 19.1 Å². The van der Waals surface area contributed by atoms with Crippen LogP contribution in [0.5, 0.6) is 11.5 Å². The first-order valence-corrected chi connectivity index (χ1v) is 4.90. The van der Waals surface area contributed by atoms with E-state index in [-0.39, 0.29) is 0 Å². The summed E-state index contributed by atoms with van der Waals surface area (Å²) in [5.41, 5.74) is 8.43. The maximum absolute atomic E-state index is 10.5. The van der Waals surface area contributed by atoms with Crippen molar-refractivity contribution >= 4 is 11.7 Å². The molecule has 0 heterocycles. The van der Waals surface area contributed by atoms with Crippen LogP contribution in [0.3, 0.4) is 0 Å². The van der Waals surface area contributed by atoms with Gasteiger partial charge in [0.1, 0.15) is 11.5 Å². The number of hydrogen-bond donors (Lipinski definition) is 2. The molecule has 0 aliphatic rings. The van der Waals surface area contributed by atoms with E-state index in [1.807, 2.05) is 0 Å². The van der Waals surface area contributed by atoms with E-state index in [2.05, 4.69) is 10.5 Å². The average Bonchev–Trinajstić information content (AvgIpc) is 2.34. The zero-order valence-corrected chi connectivity index (χ0v) is 9.98. The van der Waals surface area contributed by atoms with Crippen molar-refractivity contribution in [3.63, 3.8) is 0 Å². The monoisotopic (exact) mass is 237 g/mol. The van der Waals surface area contributed by atoms with Gasteiger partial charge in [-0.1, -0.05) is 0 Å². The lowest BCUT2D eigenvalue weighted by atomic mass is 10.1. The number of nitrogens with two attached hydrogens (primary N) is 1. The largest absolute Gasteiger partial charge is 0.497 e. The topological polar surface area (TPSA) is 85.9 Å². The van der Waals surface area contributed by atoms with E-state index >= 15 is 0 Å². The van der Waals surface area contributed by atoms with Gasteiger partial charge < -0.3 is 15.2 Å². The van der Waals surface area contributed by atoms with Crippen molar-refractivity contribution in [1.82, 2.24) is 5.43 Å². The highest BCUT2D eigenvalue weighted by molar-refractivity contribution is 6.01. The van der Waals surface area contributed by atoms with Gasteiger partial charge in [0.2, 0.25) is 0 Å². The van der Waals surface area contributed by atoms with E-state index in [1.165, 1.54) is 0 Å². The Morgan fingerprint density at radius 1 is 1.35 bits per heavy atom. The number of ether oxygens (including phenoxy) is 2. The predicted octanol–water partition coefficient (Wildman–Crippen LogP) is 1.10. The molecule has 0 unspecified atom stereocenters. The number of primary amides is 1. The third-order valence-electron chi connectivity index (χ3n) is 2.13. The molecule has 2 amide bonds. The fourth-order valence-electron chi connectivity index (χ4n) is 1.30. The van der Waals surface area contributed by atoms with E-state index in [0.717, 1.165) is 5.56 Å². The van der Waals surface area contributed by atoms with Gasteiger partial charge in [0.15, 0.2) is 0 Å². The summed E-state index contributed by atoms with van der Waals surface area (Å²) in [6, 6.07) is 4.59. The van der Waals surface area contributed by atoms with Gasteiger partial charge in [0.05, 0.1) is 19.9 Å². The molecule has 6 heteroatoms. The van der Waals surface area contributed by atoms with Crippen LogP contribution in [-0.2, 0) is 0 Å². The van der Waals surface area contributed by atoms with E-state index in [4.69, 9.17) is 15.2 Å². The molecule has 0 atom stereocenters. The zero-order valence-electron chi connectivity index (χ0n) is 9.98. The molecule has 0 aliphatic carbocycles. The van der Waals surface area contributed by atoms with Crippen molar-refractivity contribution in [2.75, 3.05) is 14.2 Å². The first-order chi connectivity index (χ1) is 8.08. The number of hydrogen-bond acceptors (Lipinski definition) is 4. The summed E-state index contributed by atoms with van der Waals surface area (Å²) < 4.78 is 10.3. The lowest BCUT2D eigenvalue weighted by Gasteiger charge is -2.09. The molecule has 0 bridgehead atoms. The summed E-state index contributed by atoms with van der Waals surface area (Å²) in [5, 5.41) is 3.83. The first kappa shape index (κ1) is 12.8. The first-order valence-electron chi connectivity index (χ1n) is 4.90. The normalized spacial score (nSPS) is 10.9. The molecular formula is C11H15N3O3. The van der Waals surface area contributed by atoms with Gasteiger partial charge in [-0.25, -0.2) is 10.2 Å². The molecule has 0 saturated carbocycles. The molecule has 0 saturated heterocycles. The number of urea groups is 1.